The van der Waals surface area contributed by atoms with Crippen LogP contribution in [-0.4, -0.2) is 16.2 Å². The monoisotopic (exact) mass is 334 g/mol. The highest BCUT2D eigenvalue weighted by molar-refractivity contribution is 6.01. The number of anilines is 2. The van der Waals surface area contributed by atoms with Crippen LogP contribution in [0, 0.1) is 13.8 Å². The highest BCUT2D eigenvalue weighted by Crippen LogP contribution is 2.24. The number of benzene rings is 1. The molecule has 2 amide bonds. The summed E-state index contributed by atoms with van der Waals surface area (Å²) in [7, 11) is 0. The van der Waals surface area contributed by atoms with Crippen LogP contribution in [0.3, 0.4) is 0 Å². The molecule has 5 heteroatoms. The smallest absolute Gasteiger partial charge is 0.308 e. The van der Waals surface area contributed by atoms with Gasteiger partial charge < -0.3 is 10.6 Å². The fourth-order valence-electron chi connectivity index (χ4n) is 2.85. The first-order chi connectivity index (χ1) is 12.1. The van der Waals surface area contributed by atoms with Crippen LogP contribution in [0.25, 0.3) is 5.57 Å². The molecule has 1 aliphatic rings. The number of nitrogens with zero attached hydrogens (tertiary/aromatic N) is 1. The van der Waals surface area contributed by atoms with E-state index in [1.54, 1.807) is 6.20 Å². The van der Waals surface area contributed by atoms with Crippen molar-refractivity contribution in [2.75, 3.05) is 10.6 Å². The molecule has 2 aromatic rings. The zero-order valence-corrected chi connectivity index (χ0v) is 14.5. The average Bonchev–Trinajstić information content (AvgIpc) is 2.93. The van der Waals surface area contributed by atoms with E-state index < -0.39 is 0 Å². The standard InChI is InChI=1S/C20H22N4O/c1-14-10-15(2)12-17(11-14)22-20(25)23-18-13-21-24-19(18)16-8-6-4-3-5-7-9-16/h3-4,6,8-13H,5,7H2,1-2H3,(H,21,24)(H2,22,23,25)/b4-3+,8-6?,16-9?. The van der Waals surface area contributed by atoms with Crippen molar-refractivity contribution in [3.8, 4) is 0 Å². The van der Waals surface area contributed by atoms with Crippen molar-refractivity contribution in [3.63, 3.8) is 0 Å². The summed E-state index contributed by atoms with van der Waals surface area (Å²) in [5, 5.41) is 12.8. The summed E-state index contributed by atoms with van der Waals surface area (Å²) in [6.45, 7) is 4.01. The van der Waals surface area contributed by atoms with Crippen LogP contribution in [-0.2, 0) is 0 Å². The van der Waals surface area contributed by atoms with Crippen molar-refractivity contribution >= 4 is 23.0 Å². The Balaban J connectivity index is 1.74. The van der Waals surface area contributed by atoms with E-state index in [1.165, 1.54) is 0 Å². The maximum absolute atomic E-state index is 12.3. The molecule has 0 saturated heterocycles. The topological polar surface area (TPSA) is 69.8 Å². The fraction of sp³-hybridized carbons (Fsp3) is 0.200. The summed E-state index contributed by atoms with van der Waals surface area (Å²) >= 11 is 0. The lowest BCUT2D eigenvalue weighted by Crippen LogP contribution is -2.20. The molecule has 0 radical (unpaired) electrons. The second kappa shape index (κ2) is 7.66. The Morgan fingerprint density at radius 3 is 2.68 bits per heavy atom. The second-order valence-electron chi connectivity index (χ2n) is 6.14. The van der Waals surface area contributed by atoms with E-state index in [9.17, 15) is 4.79 Å². The number of aromatic amines is 1. The third-order valence-corrected chi connectivity index (χ3v) is 3.88. The van der Waals surface area contributed by atoms with Gasteiger partial charge >= 0.3 is 6.03 Å². The van der Waals surface area contributed by atoms with Crippen LogP contribution in [0.2, 0.25) is 0 Å². The van der Waals surface area contributed by atoms with Gasteiger partial charge in [0.05, 0.1) is 17.6 Å². The SMILES string of the molecule is Cc1cc(C)cc(NC(=O)Nc2cn[nH]c2C2=CCC/C=C/C=C2)c1. The minimum Gasteiger partial charge on any atom is -0.308 e. The summed E-state index contributed by atoms with van der Waals surface area (Å²) in [5.74, 6) is 0. The number of rotatable bonds is 3. The Morgan fingerprint density at radius 1 is 1.08 bits per heavy atom. The van der Waals surface area contributed by atoms with Crippen molar-refractivity contribution in [2.45, 2.75) is 26.7 Å². The fourth-order valence-corrected chi connectivity index (χ4v) is 2.85. The number of urea groups is 1. The van der Waals surface area contributed by atoms with E-state index in [2.05, 4.69) is 39.0 Å². The number of hydrogen-bond donors (Lipinski definition) is 3. The van der Waals surface area contributed by atoms with Gasteiger partial charge in [-0.1, -0.05) is 36.4 Å². The van der Waals surface area contributed by atoms with Crippen molar-refractivity contribution in [3.05, 3.63) is 71.6 Å². The zero-order valence-electron chi connectivity index (χ0n) is 14.5. The number of carbonyl (C=O) groups excluding carboxylic acids is 1. The summed E-state index contributed by atoms with van der Waals surface area (Å²) < 4.78 is 0. The number of allylic oxidation sites excluding steroid dienone is 6. The van der Waals surface area contributed by atoms with Crippen molar-refractivity contribution in [1.29, 1.82) is 0 Å². The molecule has 0 saturated carbocycles. The van der Waals surface area contributed by atoms with E-state index in [0.717, 1.165) is 40.9 Å². The van der Waals surface area contributed by atoms with Gasteiger partial charge in [-0.2, -0.15) is 5.10 Å². The predicted octanol–water partition coefficient (Wildman–Crippen LogP) is 4.96. The minimum absolute atomic E-state index is 0.289. The zero-order chi connectivity index (χ0) is 17.6. The van der Waals surface area contributed by atoms with Gasteiger partial charge in [0.25, 0.3) is 0 Å². The summed E-state index contributed by atoms with van der Waals surface area (Å²) in [5.41, 5.74) is 5.47. The van der Waals surface area contributed by atoms with Crippen LogP contribution in [0.4, 0.5) is 16.2 Å². The van der Waals surface area contributed by atoms with Crippen LogP contribution < -0.4 is 10.6 Å². The molecule has 1 aliphatic carbocycles. The summed E-state index contributed by atoms with van der Waals surface area (Å²) in [6.07, 6.45) is 13.9. The van der Waals surface area contributed by atoms with E-state index >= 15 is 0 Å². The van der Waals surface area contributed by atoms with Gasteiger partial charge in [-0.3, -0.25) is 5.10 Å². The first kappa shape index (κ1) is 16.8. The molecular formula is C20H22N4O. The van der Waals surface area contributed by atoms with Gasteiger partial charge in [-0.25, -0.2) is 4.79 Å². The minimum atomic E-state index is -0.289. The lowest BCUT2D eigenvalue weighted by atomic mass is 10.1. The van der Waals surface area contributed by atoms with Crippen molar-refractivity contribution in [2.24, 2.45) is 0 Å². The van der Waals surface area contributed by atoms with E-state index in [0.29, 0.717) is 5.69 Å². The average molecular weight is 334 g/mol. The van der Waals surface area contributed by atoms with Crippen LogP contribution >= 0.6 is 0 Å². The van der Waals surface area contributed by atoms with Crippen molar-refractivity contribution < 1.29 is 4.79 Å². The highest BCUT2D eigenvalue weighted by atomic mass is 16.2. The molecule has 5 nitrogen and oxygen atoms in total. The maximum Gasteiger partial charge on any atom is 0.323 e. The molecule has 1 aromatic carbocycles. The molecule has 1 heterocycles. The largest absolute Gasteiger partial charge is 0.323 e. The molecule has 0 bridgehead atoms. The van der Waals surface area contributed by atoms with Crippen LogP contribution in [0.5, 0.6) is 0 Å². The maximum atomic E-state index is 12.3. The summed E-state index contributed by atoms with van der Waals surface area (Å²) in [4.78, 5) is 12.3. The number of hydrogen-bond acceptors (Lipinski definition) is 2. The Kier molecular flexibility index (Phi) is 5.14. The Labute approximate surface area is 147 Å². The molecule has 0 unspecified atom stereocenters. The molecule has 0 atom stereocenters. The Bertz CT molecular complexity index is 838. The van der Waals surface area contributed by atoms with E-state index in [4.69, 9.17) is 0 Å². The number of carbonyl (C=O) groups is 1. The third kappa shape index (κ3) is 4.47. The predicted molar refractivity (Wildman–Crippen MR) is 103 cm³/mol. The molecule has 3 N–H and O–H groups in total. The number of nitrogens with one attached hydrogen (secondary N) is 3. The number of aromatic nitrogens is 2. The third-order valence-electron chi connectivity index (χ3n) is 3.88. The Morgan fingerprint density at radius 2 is 1.88 bits per heavy atom. The van der Waals surface area contributed by atoms with Crippen LogP contribution in [0.15, 0.2) is 54.8 Å². The normalized spacial score (nSPS) is 15.0. The van der Waals surface area contributed by atoms with Gasteiger partial charge in [-0.15, -0.1) is 0 Å². The van der Waals surface area contributed by atoms with E-state index in [-0.39, 0.29) is 6.03 Å². The number of amides is 2. The molecule has 3 rings (SSSR count). The summed E-state index contributed by atoms with van der Waals surface area (Å²) in [6, 6.07) is 5.66. The molecular weight excluding hydrogens is 312 g/mol. The van der Waals surface area contributed by atoms with Crippen molar-refractivity contribution in [1.82, 2.24) is 10.2 Å². The number of aryl methyl sites for hydroxylation is 2. The van der Waals surface area contributed by atoms with Gasteiger partial charge in [0.2, 0.25) is 0 Å². The number of H-pyrrole nitrogens is 1. The first-order valence-electron chi connectivity index (χ1n) is 8.35. The lowest BCUT2D eigenvalue weighted by Gasteiger charge is -2.10. The molecule has 1 aromatic heterocycles. The molecule has 25 heavy (non-hydrogen) atoms. The van der Waals surface area contributed by atoms with E-state index in [1.807, 2.05) is 44.2 Å². The second-order valence-corrected chi connectivity index (χ2v) is 6.14. The van der Waals surface area contributed by atoms with Crippen LogP contribution in [0.1, 0.15) is 29.7 Å². The van der Waals surface area contributed by atoms with Gasteiger partial charge in [0.1, 0.15) is 0 Å². The first-order valence-corrected chi connectivity index (χ1v) is 8.35. The lowest BCUT2D eigenvalue weighted by molar-refractivity contribution is 0.262. The molecule has 0 aliphatic heterocycles. The molecule has 0 fully saturated rings. The van der Waals surface area contributed by atoms with Gasteiger partial charge in [0.15, 0.2) is 0 Å². The Hall–Kier alpha value is -3.08. The molecule has 128 valence electrons. The van der Waals surface area contributed by atoms with Gasteiger partial charge in [-0.05, 0) is 55.5 Å². The highest BCUT2D eigenvalue weighted by Gasteiger charge is 2.12. The van der Waals surface area contributed by atoms with Gasteiger partial charge in [0, 0.05) is 5.69 Å². The molecule has 0 spiro atoms. The quantitative estimate of drug-likeness (QED) is 0.742.